The second-order valence-corrected chi connectivity index (χ2v) is 15.4. The Morgan fingerprint density at radius 1 is 1.02 bits per heavy atom. The number of piperidine rings is 1. The molecule has 0 bridgehead atoms. The molecule has 7 rings (SSSR count). The first-order valence-corrected chi connectivity index (χ1v) is 18.4. The number of fused-ring (bicyclic) bond motifs is 2. The number of aliphatic hydroxyl groups excluding tert-OH is 1. The molecule has 4 atom stereocenters. The molecule has 3 N–H and O–H groups in total. The Kier molecular flexibility index (Phi) is 10.0. The zero-order chi connectivity index (χ0) is 35.7. The van der Waals surface area contributed by atoms with Gasteiger partial charge in [-0.3, -0.25) is 14.4 Å². The molecule has 0 radical (unpaired) electrons. The SMILES string of the molecule is C[C@H]1CCCCN1c1nnc2ccc(O[C@@H]3CC[C@H](NC(O)Nc4cc(C(C)(C)C)nn4-c4cnn(CCCN(C)C)c4)c4ccccc43)cn12. The van der Waals surface area contributed by atoms with Gasteiger partial charge in [0.25, 0.3) is 0 Å². The van der Waals surface area contributed by atoms with Crippen molar-refractivity contribution in [1.29, 1.82) is 0 Å². The maximum absolute atomic E-state index is 11.4. The van der Waals surface area contributed by atoms with Gasteiger partial charge < -0.3 is 25.0 Å². The molecule has 2 aliphatic rings. The van der Waals surface area contributed by atoms with Crippen molar-refractivity contribution in [3.8, 4) is 11.4 Å². The molecule has 5 aromatic rings. The summed E-state index contributed by atoms with van der Waals surface area (Å²) in [5, 5.41) is 36.7. The Balaban J connectivity index is 1.06. The van der Waals surface area contributed by atoms with Gasteiger partial charge in [0.15, 0.2) is 12.0 Å². The summed E-state index contributed by atoms with van der Waals surface area (Å²) in [6.45, 7) is 11.5. The van der Waals surface area contributed by atoms with Gasteiger partial charge >= 0.3 is 0 Å². The number of pyridine rings is 1. The van der Waals surface area contributed by atoms with Crippen LogP contribution >= 0.6 is 0 Å². The Hall–Kier alpha value is -4.46. The lowest BCUT2D eigenvalue weighted by Crippen LogP contribution is -2.41. The van der Waals surface area contributed by atoms with E-state index >= 15 is 0 Å². The van der Waals surface area contributed by atoms with Crippen molar-refractivity contribution < 1.29 is 9.84 Å². The predicted molar refractivity (Wildman–Crippen MR) is 199 cm³/mol. The van der Waals surface area contributed by atoms with E-state index in [1.165, 1.54) is 12.8 Å². The lowest BCUT2D eigenvalue weighted by Gasteiger charge is -2.34. The summed E-state index contributed by atoms with van der Waals surface area (Å²) in [5.41, 5.74) is 4.63. The molecule has 51 heavy (non-hydrogen) atoms. The van der Waals surface area contributed by atoms with E-state index < -0.39 is 6.35 Å². The van der Waals surface area contributed by atoms with E-state index in [9.17, 15) is 5.11 Å². The third-order valence-electron chi connectivity index (χ3n) is 10.1. The molecule has 1 saturated heterocycles. The Labute approximate surface area is 300 Å². The van der Waals surface area contributed by atoms with Crippen molar-refractivity contribution >= 4 is 17.4 Å². The van der Waals surface area contributed by atoms with Crippen molar-refractivity contribution in [2.45, 2.75) is 103 Å². The van der Waals surface area contributed by atoms with Gasteiger partial charge in [-0.25, -0.2) is 4.68 Å². The van der Waals surface area contributed by atoms with E-state index in [2.05, 4.69) is 100 Å². The minimum absolute atomic E-state index is 0.0750. The van der Waals surface area contributed by atoms with Gasteiger partial charge in [0.2, 0.25) is 5.95 Å². The van der Waals surface area contributed by atoms with Crippen molar-refractivity contribution in [2.24, 2.45) is 0 Å². The molecule has 13 heteroatoms. The minimum Gasteiger partial charge on any atom is -0.484 e. The molecule has 13 nitrogen and oxygen atoms in total. The fourth-order valence-electron chi connectivity index (χ4n) is 7.28. The Morgan fingerprint density at radius 3 is 2.63 bits per heavy atom. The number of aryl methyl sites for hydroxylation is 1. The highest BCUT2D eigenvalue weighted by atomic mass is 16.5. The largest absolute Gasteiger partial charge is 0.484 e. The molecule has 0 spiro atoms. The monoisotopic (exact) mass is 695 g/mol. The summed E-state index contributed by atoms with van der Waals surface area (Å²) in [5.74, 6) is 2.35. The number of ether oxygens (including phenoxy) is 1. The van der Waals surface area contributed by atoms with Crippen molar-refractivity contribution in [3.63, 3.8) is 0 Å². The number of hydrogen-bond acceptors (Lipinski definition) is 10. The lowest BCUT2D eigenvalue weighted by atomic mass is 9.85. The fourth-order valence-corrected chi connectivity index (χ4v) is 7.28. The van der Waals surface area contributed by atoms with Crippen LogP contribution in [0.2, 0.25) is 0 Å². The topological polar surface area (TPSA) is 126 Å². The van der Waals surface area contributed by atoms with Crippen LogP contribution in [0.4, 0.5) is 11.8 Å². The summed E-state index contributed by atoms with van der Waals surface area (Å²) in [4.78, 5) is 4.53. The first-order valence-electron chi connectivity index (χ1n) is 18.4. The van der Waals surface area contributed by atoms with Crippen LogP contribution in [0.5, 0.6) is 5.75 Å². The summed E-state index contributed by atoms with van der Waals surface area (Å²) in [6.07, 6.45) is 10.9. The highest BCUT2D eigenvalue weighted by Gasteiger charge is 2.31. The Bertz CT molecular complexity index is 1920. The Morgan fingerprint density at radius 2 is 1.84 bits per heavy atom. The number of rotatable bonds is 12. The minimum atomic E-state index is -1.02. The lowest BCUT2D eigenvalue weighted by molar-refractivity contribution is 0.125. The third-order valence-corrected chi connectivity index (χ3v) is 10.1. The van der Waals surface area contributed by atoms with E-state index in [4.69, 9.17) is 9.84 Å². The summed E-state index contributed by atoms with van der Waals surface area (Å²) < 4.78 is 12.5. The first-order chi connectivity index (χ1) is 24.5. The number of nitrogens with one attached hydrogen (secondary N) is 2. The van der Waals surface area contributed by atoms with E-state index in [-0.39, 0.29) is 17.6 Å². The molecular formula is C38H53N11O2. The van der Waals surface area contributed by atoms with E-state index in [0.717, 1.165) is 85.2 Å². The van der Waals surface area contributed by atoms with Crippen LogP contribution in [0.3, 0.4) is 0 Å². The molecular weight excluding hydrogens is 642 g/mol. The molecule has 1 aliphatic heterocycles. The van der Waals surface area contributed by atoms with Crippen molar-refractivity contribution in [3.05, 3.63) is 77.9 Å². The highest BCUT2D eigenvalue weighted by molar-refractivity contribution is 5.50. The second kappa shape index (κ2) is 14.6. The smallest absolute Gasteiger partial charge is 0.232 e. The second-order valence-electron chi connectivity index (χ2n) is 15.4. The normalized spacial score (nSPS) is 20.2. The maximum Gasteiger partial charge on any atom is 0.232 e. The van der Waals surface area contributed by atoms with Crippen LogP contribution in [0.1, 0.15) is 95.2 Å². The fraction of sp³-hybridized carbons (Fsp3) is 0.526. The molecule has 5 heterocycles. The average Bonchev–Trinajstić information content (AvgIpc) is 3.85. The van der Waals surface area contributed by atoms with Gasteiger partial charge in [-0.1, -0.05) is 45.0 Å². The molecule has 0 saturated carbocycles. The van der Waals surface area contributed by atoms with E-state index in [1.54, 1.807) is 0 Å². The van der Waals surface area contributed by atoms with Crippen LogP contribution in [0.25, 0.3) is 11.3 Å². The van der Waals surface area contributed by atoms with Crippen molar-refractivity contribution in [2.75, 3.05) is 37.4 Å². The first kappa shape index (κ1) is 35.0. The molecule has 1 aromatic carbocycles. The number of anilines is 2. The van der Waals surface area contributed by atoms with Gasteiger partial charge in [0.05, 0.1) is 24.3 Å². The van der Waals surface area contributed by atoms with Crippen LogP contribution in [0, 0.1) is 0 Å². The zero-order valence-corrected chi connectivity index (χ0v) is 30.8. The number of nitrogens with zero attached hydrogens (tertiary/aromatic N) is 9. The summed E-state index contributed by atoms with van der Waals surface area (Å²) >= 11 is 0. The van der Waals surface area contributed by atoms with Crippen molar-refractivity contribution in [1.82, 2.24) is 44.4 Å². The van der Waals surface area contributed by atoms with Crippen LogP contribution in [0.15, 0.2) is 61.1 Å². The average molecular weight is 696 g/mol. The molecule has 1 unspecified atom stereocenters. The van der Waals surface area contributed by atoms with Crippen LogP contribution in [-0.2, 0) is 12.0 Å². The maximum atomic E-state index is 11.4. The third kappa shape index (κ3) is 7.75. The number of aliphatic hydroxyl groups is 1. The van der Waals surface area contributed by atoms with E-state index in [0.29, 0.717) is 11.9 Å². The van der Waals surface area contributed by atoms with Crippen LogP contribution in [-0.4, -0.2) is 83.7 Å². The van der Waals surface area contributed by atoms with Gasteiger partial charge in [-0.2, -0.15) is 10.2 Å². The predicted octanol–water partition coefficient (Wildman–Crippen LogP) is 5.67. The quantitative estimate of drug-likeness (QED) is 0.141. The number of hydrogen-bond donors (Lipinski definition) is 3. The number of benzene rings is 1. The van der Waals surface area contributed by atoms with E-state index in [1.807, 2.05) is 52.2 Å². The van der Waals surface area contributed by atoms with Crippen LogP contribution < -0.4 is 20.3 Å². The number of aromatic nitrogens is 7. The van der Waals surface area contributed by atoms with Gasteiger partial charge in [0, 0.05) is 36.7 Å². The molecule has 1 aliphatic carbocycles. The highest BCUT2D eigenvalue weighted by Crippen LogP contribution is 2.39. The summed E-state index contributed by atoms with van der Waals surface area (Å²) in [7, 11) is 4.16. The van der Waals surface area contributed by atoms with Gasteiger partial charge in [0.1, 0.15) is 23.4 Å². The molecule has 4 aromatic heterocycles. The summed E-state index contributed by atoms with van der Waals surface area (Å²) in [6, 6.07) is 14.7. The van der Waals surface area contributed by atoms with Gasteiger partial charge in [-0.05, 0) is 89.3 Å². The standard InChI is InChI=1S/C38H53N11O2/c1-26-12-9-10-21-47(26)37-43-42-34-18-15-28(25-48(34)37)51-32-17-16-31(29-13-7-8-14-30(29)32)40-36(50)41-35-22-33(38(2,3)4)44-49(35)27-23-39-46(24-27)20-11-19-45(5)6/h7-8,13-15,18,22-26,31-32,36,40-41,50H,9-12,16-17,19-21H2,1-6H3/t26-,31-,32+,36?/m0/s1. The molecule has 0 amide bonds. The van der Waals surface area contributed by atoms with Gasteiger partial charge in [-0.15, -0.1) is 10.2 Å². The molecule has 272 valence electrons. The zero-order valence-electron chi connectivity index (χ0n) is 30.8. The molecule has 1 fully saturated rings.